The average molecular weight is 1070 g/mol. The van der Waals surface area contributed by atoms with Crippen LogP contribution in [-0.4, -0.2) is 29.9 Å². The van der Waals surface area contributed by atoms with Gasteiger partial charge in [-0.3, -0.25) is 0 Å². The van der Waals surface area contributed by atoms with Crippen LogP contribution in [0.3, 0.4) is 0 Å². The van der Waals surface area contributed by atoms with Crippen molar-refractivity contribution in [1.29, 1.82) is 10.5 Å². The molecule has 0 saturated carbocycles. The molecule has 2 aromatic heterocycles. The molecule has 8 nitrogen and oxygen atoms in total. The molecule has 0 amide bonds. The molecule has 0 radical (unpaired) electrons. The predicted octanol–water partition coefficient (Wildman–Crippen LogP) is 18.4. The molecule has 0 aliphatic carbocycles. The first kappa shape index (κ1) is 50.4. The van der Waals surface area contributed by atoms with Crippen molar-refractivity contribution in [3.8, 4) is 136 Å². The molecule has 0 atom stereocenters. The van der Waals surface area contributed by atoms with Crippen LogP contribution in [-0.2, 0) is 0 Å². The SMILES string of the molecule is N#Cc1ccc(-c2ccc(-c3ccc(-c4nc(-c5ccccc5)nc(-c5ccc(-c6ccc(-c7nc(-c8ccccc8)nc(-c8ccc(-c9ccc(-c%10cccc(C#N)c%10)c%10ccccc9%10)cc8)n7)cc6)cc5)n4)cc3)c3ccccc23)cc1. The van der Waals surface area contributed by atoms with Gasteiger partial charge in [-0.2, -0.15) is 10.5 Å². The molecule has 0 N–H and O–H groups in total. The maximum atomic E-state index is 9.60. The highest BCUT2D eigenvalue weighted by Gasteiger charge is 2.18. The molecule has 390 valence electrons. The van der Waals surface area contributed by atoms with E-state index in [0.29, 0.717) is 46.1 Å². The Hall–Kier alpha value is -11.8. The van der Waals surface area contributed by atoms with Gasteiger partial charge in [-0.05, 0) is 101 Å². The van der Waals surface area contributed by atoms with Crippen molar-refractivity contribution in [1.82, 2.24) is 29.9 Å². The van der Waals surface area contributed by atoms with Gasteiger partial charge in [0.25, 0.3) is 0 Å². The van der Waals surface area contributed by atoms with Crippen molar-refractivity contribution < 1.29 is 0 Å². The lowest BCUT2D eigenvalue weighted by Gasteiger charge is -2.13. The average Bonchev–Trinajstić information content (AvgIpc) is 3.77. The summed E-state index contributed by atoms with van der Waals surface area (Å²) in [6.45, 7) is 0. The monoisotopic (exact) mass is 1070 g/mol. The van der Waals surface area contributed by atoms with Crippen LogP contribution in [0.4, 0.5) is 0 Å². The molecule has 0 spiro atoms. The van der Waals surface area contributed by atoms with Crippen LogP contribution >= 0.6 is 0 Å². The minimum absolute atomic E-state index is 0.574. The van der Waals surface area contributed by atoms with Crippen molar-refractivity contribution in [3.05, 3.63) is 290 Å². The lowest BCUT2D eigenvalue weighted by molar-refractivity contribution is 1.07. The first-order valence-electron chi connectivity index (χ1n) is 27.6. The van der Waals surface area contributed by atoms with Gasteiger partial charge in [-0.25, -0.2) is 29.9 Å². The van der Waals surface area contributed by atoms with E-state index in [9.17, 15) is 10.5 Å². The number of aromatic nitrogens is 6. The predicted molar refractivity (Wildman–Crippen MR) is 337 cm³/mol. The van der Waals surface area contributed by atoms with Crippen LogP contribution < -0.4 is 0 Å². The molecule has 14 rings (SSSR count). The highest BCUT2D eigenvalue weighted by molar-refractivity contribution is 6.06. The maximum absolute atomic E-state index is 9.60. The summed E-state index contributed by atoms with van der Waals surface area (Å²) in [6, 6.07) is 99.1. The summed E-state index contributed by atoms with van der Waals surface area (Å²) < 4.78 is 0. The molecular formula is C76H46N8. The summed E-state index contributed by atoms with van der Waals surface area (Å²) in [5.41, 5.74) is 17.3. The topological polar surface area (TPSA) is 125 Å². The standard InChI is InChI=1S/C76H46N8/c77-47-49-22-24-53(25-23-49)63-42-43-64(68-19-8-7-18-67(63)68)54-30-38-60(39-31-54)75-81-71(56-13-3-1-4-14-56)79-73(83-75)58-34-26-51(27-35-58)52-28-36-59(37-29-52)74-80-72(57-15-5-2-6-16-57)82-76(84-74)61-40-32-55(33-41-61)65-44-45-66(70-21-10-9-20-69(65)70)62-17-11-12-50(46-62)48-78/h1-46H. The summed E-state index contributed by atoms with van der Waals surface area (Å²) in [5, 5.41) is 23.5. The fourth-order valence-corrected chi connectivity index (χ4v) is 11.0. The summed E-state index contributed by atoms with van der Waals surface area (Å²) in [4.78, 5) is 30.3. The minimum Gasteiger partial charge on any atom is -0.208 e. The molecule has 0 fully saturated rings. The second-order valence-corrected chi connectivity index (χ2v) is 20.4. The second-order valence-electron chi connectivity index (χ2n) is 20.4. The lowest BCUT2D eigenvalue weighted by Crippen LogP contribution is -2.00. The zero-order valence-corrected chi connectivity index (χ0v) is 45.1. The molecule has 14 aromatic rings. The number of hydrogen-bond acceptors (Lipinski definition) is 8. The Kier molecular flexibility index (Phi) is 13.2. The van der Waals surface area contributed by atoms with Crippen LogP contribution in [0.5, 0.6) is 0 Å². The summed E-state index contributed by atoms with van der Waals surface area (Å²) >= 11 is 0. The zero-order chi connectivity index (χ0) is 56.3. The highest BCUT2D eigenvalue weighted by Crippen LogP contribution is 2.39. The van der Waals surface area contributed by atoms with E-state index in [2.05, 4.69) is 188 Å². The van der Waals surface area contributed by atoms with E-state index in [1.165, 1.54) is 0 Å². The molecule has 2 heterocycles. The number of nitrogens with zero attached hydrogens (tertiary/aromatic N) is 8. The highest BCUT2D eigenvalue weighted by atomic mass is 15.0. The van der Waals surface area contributed by atoms with Crippen LogP contribution in [0.1, 0.15) is 11.1 Å². The molecule has 12 aromatic carbocycles. The van der Waals surface area contributed by atoms with E-state index in [0.717, 1.165) is 111 Å². The normalized spacial score (nSPS) is 11.1. The Balaban J connectivity index is 0.742. The third-order valence-corrected chi connectivity index (χ3v) is 15.3. The molecule has 0 bridgehead atoms. The first-order valence-corrected chi connectivity index (χ1v) is 27.6. The number of rotatable bonds is 11. The molecule has 8 heteroatoms. The minimum atomic E-state index is 0.574. The third kappa shape index (κ3) is 9.89. The quantitative estimate of drug-likeness (QED) is 0.125. The molecule has 0 saturated heterocycles. The smallest absolute Gasteiger partial charge is 0.164 e. The van der Waals surface area contributed by atoms with E-state index in [4.69, 9.17) is 29.9 Å². The molecule has 84 heavy (non-hydrogen) atoms. The summed E-state index contributed by atoms with van der Waals surface area (Å²) in [6.07, 6.45) is 0. The van der Waals surface area contributed by atoms with Gasteiger partial charge in [0.2, 0.25) is 0 Å². The van der Waals surface area contributed by atoms with Crippen LogP contribution in [0.25, 0.3) is 146 Å². The van der Waals surface area contributed by atoms with Crippen LogP contribution in [0, 0.1) is 22.7 Å². The van der Waals surface area contributed by atoms with Gasteiger partial charge in [0.1, 0.15) is 0 Å². The molecule has 0 aliphatic heterocycles. The Morgan fingerprint density at radius 3 is 0.762 bits per heavy atom. The number of hydrogen-bond donors (Lipinski definition) is 0. The van der Waals surface area contributed by atoms with Gasteiger partial charge in [0, 0.05) is 33.4 Å². The van der Waals surface area contributed by atoms with Gasteiger partial charge in [-0.1, -0.05) is 255 Å². The number of fused-ring (bicyclic) bond motifs is 2. The Morgan fingerprint density at radius 2 is 0.440 bits per heavy atom. The van der Waals surface area contributed by atoms with E-state index < -0.39 is 0 Å². The fraction of sp³-hybridized carbons (Fsp3) is 0. The lowest BCUT2D eigenvalue weighted by atomic mass is 9.91. The zero-order valence-electron chi connectivity index (χ0n) is 45.1. The van der Waals surface area contributed by atoms with Crippen molar-refractivity contribution in [3.63, 3.8) is 0 Å². The summed E-state index contributed by atoms with van der Waals surface area (Å²) in [7, 11) is 0. The largest absolute Gasteiger partial charge is 0.208 e. The van der Waals surface area contributed by atoms with E-state index in [1.54, 1.807) is 0 Å². The molecule has 0 unspecified atom stereocenters. The van der Waals surface area contributed by atoms with Gasteiger partial charge in [0.15, 0.2) is 34.9 Å². The number of benzene rings is 12. The van der Waals surface area contributed by atoms with Crippen molar-refractivity contribution in [2.45, 2.75) is 0 Å². The maximum Gasteiger partial charge on any atom is 0.164 e. The molecular weight excluding hydrogens is 1020 g/mol. The number of nitriles is 2. The third-order valence-electron chi connectivity index (χ3n) is 15.3. The second kappa shape index (κ2) is 22.0. The van der Waals surface area contributed by atoms with Gasteiger partial charge >= 0.3 is 0 Å². The van der Waals surface area contributed by atoms with Crippen molar-refractivity contribution in [2.24, 2.45) is 0 Å². The molecule has 0 aliphatic rings. The fourth-order valence-electron chi connectivity index (χ4n) is 11.0. The Morgan fingerprint density at radius 1 is 0.190 bits per heavy atom. The van der Waals surface area contributed by atoms with Gasteiger partial charge in [-0.15, -0.1) is 0 Å². The van der Waals surface area contributed by atoms with E-state index >= 15 is 0 Å². The van der Waals surface area contributed by atoms with Gasteiger partial charge in [0.05, 0.1) is 23.3 Å². The van der Waals surface area contributed by atoms with Crippen LogP contribution in [0.15, 0.2) is 279 Å². The van der Waals surface area contributed by atoms with Gasteiger partial charge < -0.3 is 0 Å². The van der Waals surface area contributed by atoms with Crippen LogP contribution in [0.2, 0.25) is 0 Å². The summed E-state index contributed by atoms with van der Waals surface area (Å²) in [5.74, 6) is 3.49. The van der Waals surface area contributed by atoms with Crippen molar-refractivity contribution >= 4 is 21.5 Å². The van der Waals surface area contributed by atoms with E-state index in [-0.39, 0.29) is 0 Å². The van der Waals surface area contributed by atoms with Crippen molar-refractivity contribution in [2.75, 3.05) is 0 Å². The first-order chi connectivity index (χ1) is 41.5. The Labute approximate surface area is 485 Å². The Bertz CT molecular complexity index is 4860. The van der Waals surface area contributed by atoms with E-state index in [1.807, 2.05) is 103 Å².